The van der Waals surface area contributed by atoms with Gasteiger partial charge in [-0.3, -0.25) is 0 Å². The van der Waals surface area contributed by atoms with E-state index in [1.807, 2.05) is 0 Å². The van der Waals surface area contributed by atoms with E-state index in [2.05, 4.69) is 5.32 Å². The van der Waals surface area contributed by atoms with Gasteiger partial charge in [-0.2, -0.15) is 0 Å². The summed E-state index contributed by atoms with van der Waals surface area (Å²) in [6.45, 7) is 1.21. The number of hydrogen-bond donors (Lipinski definition) is 2. The van der Waals surface area contributed by atoms with E-state index < -0.39 is 9.84 Å². The van der Waals surface area contributed by atoms with Gasteiger partial charge in [0.1, 0.15) is 0 Å². The molecule has 1 aliphatic rings. The summed E-state index contributed by atoms with van der Waals surface area (Å²) >= 11 is 5.73. The Morgan fingerprint density at radius 2 is 2.16 bits per heavy atom. The number of rotatable bonds is 4. The van der Waals surface area contributed by atoms with E-state index >= 15 is 0 Å². The van der Waals surface area contributed by atoms with Crippen molar-refractivity contribution in [3.05, 3.63) is 23.2 Å². The van der Waals surface area contributed by atoms with Crippen molar-refractivity contribution < 1.29 is 13.2 Å². The van der Waals surface area contributed by atoms with Gasteiger partial charge in [-0.25, -0.2) is 13.2 Å². The van der Waals surface area contributed by atoms with Crippen LogP contribution in [0, 0.1) is 0 Å². The zero-order chi connectivity index (χ0) is 14.0. The Balaban J connectivity index is 2.12. The van der Waals surface area contributed by atoms with Gasteiger partial charge >= 0.3 is 6.03 Å². The van der Waals surface area contributed by atoms with Crippen molar-refractivity contribution in [1.29, 1.82) is 0 Å². The third-order valence-corrected chi connectivity index (χ3v) is 4.88. The maximum Gasteiger partial charge on any atom is 0.317 e. The molecule has 104 valence electrons. The summed E-state index contributed by atoms with van der Waals surface area (Å²) in [4.78, 5) is 12.8. The molecule has 0 unspecified atom stereocenters. The maximum absolute atomic E-state index is 12.1. The predicted molar refractivity (Wildman–Crippen MR) is 72.9 cm³/mol. The molecule has 1 fully saturated rings. The van der Waals surface area contributed by atoms with Gasteiger partial charge in [0.2, 0.25) is 0 Å². The minimum atomic E-state index is -3.52. The first-order chi connectivity index (χ1) is 8.90. The zero-order valence-electron chi connectivity index (χ0n) is 10.1. The number of nitrogen functional groups attached to an aromatic ring is 1. The Hall–Kier alpha value is -1.47. The van der Waals surface area contributed by atoms with E-state index in [9.17, 15) is 13.2 Å². The molecule has 0 aliphatic carbocycles. The number of nitrogens with zero attached hydrogens (tertiary/aromatic N) is 1. The SMILES string of the molecule is Nc1cc(Cl)ccc1S(=O)(=O)CCN1CCNC1=O. The molecule has 19 heavy (non-hydrogen) atoms. The molecule has 0 aromatic heterocycles. The molecule has 8 heteroatoms. The summed E-state index contributed by atoms with van der Waals surface area (Å²) in [6.07, 6.45) is 0. The summed E-state index contributed by atoms with van der Waals surface area (Å²) in [5.74, 6) is -0.160. The van der Waals surface area contributed by atoms with Crippen LogP contribution in [-0.2, 0) is 9.84 Å². The number of halogens is 1. The average molecular weight is 304 g/mol. The monoisotopic (exact) mass is 303 g/mol. The molecule has 1 aliphatic heterocycles. The predicted octanol–water partition coefficient (Wildman–Crippen LogP) is 0.721. The lowest BCUT2D eigenvalue weighted by molar-refractivity contribution is 0.220. The Labute approximate surface area is 116 Å². The Kier molecular flexibility index (Phi) is 3.86. The molecule has 1 saturated heterocycles. The van der Waals surface area contributed by atoms with Crippen LogP contribution in [0.3, 0.4) is 0 Å². The molecule has 0 radical (unpaired) electrons. The standard InChI is InChI=1S/C11H14ClN3O3S/c12-8-1-2-10(9(13)7-8)19(17,18)6-5-15-4-3-14-11(15)16/h1-2,7H,3-6,13H2,(H,14,16). The van der Waals surface area contributed by atoms with Gasteiger partial charge in [0.25, 0.3) is 0 Å². The fourth-order valence-corrected chi connectivity index (χ4v) is 3.42. The second-order valence-electron chi connectivity index (χ2n) is 4.22. The minimum absolute atomic E-state index is 0.0523. The fourth-order valence-electron chi connectivity index (χ4n) is 1.87. The topological polar surface area (TPSA) is 92.5 Å². The van der Waals surface area contributed by atoms with Crippen LogP contribution in [0.2, 0.25) is 5.02 Å². The van der Waals surface area contributed by atoms with E-state index in [-0.39, 0.29) is 28.9 Å². The molecule has 0 bridgehead atoms. The van der Waals surface area contributed by atoms with Crippen molar-refractivity contribution in [1.82, 2.24) is 10.2 Å². The summed E-state index contributed by atoms with van der Waals surface area (Å²) in [7, 11) is -3.52. The lowest BCUT2D eigenvalue weighted by atomic mass is 10.3. The van der Waals surface area contributed by atoms with Gasteiger partial charge in [0.05, 0.1) is 16.3 Å². The number of urea groups is 1. The Bertz CT molecular complexity index is 603. The smallest absolute Gasteiger partial charge is 0.317 e. The quantitative estimate of drug-likeness (QED) is 0.802. The highest BCUT2D eigenvalue weighted by atomic mass is 35.5. The number of amides is 2. The second-order valence-corrected chi connectivity index (χ2v) is 6.73. The molecular weight excluding hydrogens is 290 g/mol. The summed E-state index contributed by atoms with van der Waals surface area (Å²) in [5.41, 5.74) is 5.79. The molecule has 1 aromatic carbocycles. The molecule has 1 aromatic rings. The van der Waals surface area contributed by atoms with Crippen LogP contribution in [0.5, 0.6) is 0 Å². The van der Waals surface area contributed by atoms with Gasteiger partial charge in [0.15, 0.2) is 9.84 Å². The number of carbonyl (C=O) groups is 1. The van der Waals surface area contributed by atoms with E-state index in [0.717, 1.165) is 0 Å². The van der Waals surface area contributed by atoms with Crippen molar-refractivity contribution in [3.63, 3.8) is 0 Å². The van der Waals surface area contributed by atoms with Crippen LogP contribution in [0.15, 0.2) is 23.1 Å². The number of nitrogens with one attached hydrogen (secondary N) is 1. The van der Waals surface area contributed by atoms with Crippen LogP contribution < -0.4 is 11.1 Å². The van der Waals surface area contributed by atoms with Gasteiger partial charge in [-0.15, -0.1) is 0 Å². The van der Waals surface area contributed by atoms with Crippen LogP contribution in [-0.4, -0.2) is 44.7 Å². The summed E-state index contributed by atoms with van der Waals surface area (Å²) < 4.78 is 24.3. The highest BCUT2D eigenvalue weighted by Crippen LogP contribution is 2.23. The first kappa shape index (κ1) is 14.0. The van der Waals surface area contributed by atoms with E-state index in [0.29, 0.717) is 18.1 Å². The van der Waals surface area contributed by atoms with Crippen molar-refractivity contribution in [2.45, 2.75) is 4.90 Å². The number of anilines is 1. The Morgan fingerprint density at radius 3 is 2.74 bits per heavy atom. The number of nitrogens with two attached hydrogens (primary N) is 1. The highest BCUT2D eigenvalue weighted by molar-refractivity contribution is 7.91. The summed E-state index contributed by atoms with van der Waals surface area (Å²) in [6, 6.07) is 4.03. The first-order valence-corrected chi connectivity index (χ1v) is 7.74. The van der Waals surface area contributed by atoms with Crippen LogP contribution in [0.25, 0.3) is 0 Å². The van der Waals surface area contributed by atoms with Gasteiger partial charge < -0.3 is 16.0 Å². The lowest BCUT2D eigenvalue weighted by Gasteiger charge is -2.14. The lowest BCUT2D eigenvalue weighted by Crippen LogP contribution is -2.32. The first-order valence-electron chi connectivity index (χ1n) is 5.71. The van der Waals surface area contributed by atoms with E-state index in [1.54, 1.807) is 0 Å². The molecule has 0 saturated carbocycles. The van der Waals surface area contributed by atoms with Crippen molar-refractivity contribution >= 4 is 33.2 Å². The number of hydrogen-bond acceptors (Lipinski definition) is 4. The molecule has 6 nitrogen and oxygen atoms in total. The third kappa shape index (κ3) is 3.10. The average Bonchev–Trinajstić information content (AvgIpc) is 2.72. The highest BCUT2D eigenvalue weighted by Gasteiger charge is 2.24. The van der Waals surface area contributed by atoms with Gasteiger partial charge in [-0.1, -0.05) is 11.6 Å². The third-order valence-electron chi connectivity index (χ3n) is 2.88. The minimum Gasteiger partial charge on any atom is -0.398 e. The normalized spacial score (nSPS) is 15.6. The van der Waals surface area contributed by atoms with Crippen molar-refractivity contribution in [2.24, 2.45) is 0 Å². The molecule has 3 N–H and O–H groups in total. The molecule has 0 atom stereocenters. The van der Waals surface area contributed by atoms with Crippen LogP contribution in [0.1, 0.15) is 0 Å². The van der Waals surface area contributed by atoms with Gasteiger partial charge in [0, 0.05) is 24.7 Å². The molecule has 1 heterocycles. The number of sulfone groups is 1. The Morgan fingerprint density at radius 1 is 1.42 bits per heavy atom. The van der Waals surface area contributed by atoms with Crippen molar-refractivity contribution in [3.8, 4) is 0 Å². The molecule has 0 spiro atoms. The van der Waals surface area contributed by atoms with Crippen molar-refractivity contribution in [2.75, 3.05) is 31.1 Å². The number of benzene rings is 1. The largest absolute Gasteiger partial charge is 0.398 e. The molecule has 2 rings (SSSR count). The van der Waals surface area contributed by atoms with Gasteiger partial charge in [-0.05, 0) is 18.2 Å². The van der Waals surface area contributed by atoms with Crippen LogP contribution in [0.4, 0.5) is 10.5 Å². The second kappa shape index (κ2) is 5.26. The zero-order valence-corrected chi connectivity index (χ0v) is 11.7. The molecule has 2 amide bonds. The summed E-state index contributed by atoms with van der Waals surface area (Å²) in [5, 5.41) is 3.00. The van der Waals surface area contributed by atoms with E-state index in [1.165, 1.54) is 23.1 Å². The fraction of sp³-hybridized carbons (Fsp3) is 0.364. The maximum atomic E-state index is 12.1. The number of carbonyl (C=O) groups excluding carboxylic acids is 1. The molecular formula is C11H14ClN3O3S. The van der Waals surface area contributed by atoms with E-state index in [4.69, 9.17) is 17.3 Å². The van der Waals surface area contributed by atoms with Crippen LogP contribution >= 0.6 is 11.6 Å².